The highest BCUT2D eigenvalue weighted by atomic mass is 35.5. The molecule has 10 nitrogen and oxygen atoms in total. The van der Waals surface area contributed by atoms with E-state index in [2.05, 4.69) is 15.3 Å². The standard InChI is InChI=1S/C19H24ClN5O5/c1-18(2,3)30-17(28)14(26)15-16(27)24(10-19(4,5)29-15)13-6-7-25(23-13)11-8-12(20)22-21-9-11/h6-9,14-15,26H,10H2,1-5H3. The number of rotatable bonds is 4. The average molecular weight is 438 g/mol. The number of esters is 1. The van der Waals surface area contributed by atoms with Crippen molar-refractivity contribution in [2.75, 3.05) is 11.4 Å². The van der Waals surface area contributed by atoms with Crippen LogP contribution in [0.3, 0.4) is 0 Å². The third kappa shape index (κ3) is 4.94. The third-order valence-electron chi connectivity index (χ3n) is 4.16. The number of halogens is 1. The molecule has 1 amide bonds. The van der Waals surface area contributed by atoms with E-state index in [0.717, 1.165) is 0 Å². The van der Waals surface area contributed by atoms with Gasteiger partial charge in [-0.1, -0.05) is 11.6 Å². The van der Waals surface area contributed by atoms with Crippen LogP contribution in [0.25, 0.3) is 5.69 Å². The number of amides is 1. The fraction of sp³-hybridized carbons (Fsp3) is 0.526. The molecule has 3 heterocycles. The Morgan fingerprint density at radius 1 is 1.43 bits per heavy atom. The van der Waals surface area contributed by atoms with Crippen LogP contribution >= 0.6 is 11.6 Å². The maximum atomic E-state index is 13.1. The SMILES string of the molecule is CC(C)(C)OC(=O)C(O)C1OC(C)(C)CN(c2ccn(-c3cnnc(Cl)c3)n2)C1=O. The third-order valence-corrected chi connectivity index (χ3v) is 4.34. The highest BCUT2D eigenvalue weighted by molar-refractivity contribution is 6.29. The van der Waals surface area contributed by atoms with E-state index < -0.39 is 35.3 Å². The molecule has 1 saturated heterocycles. The maximum Gasteiger partial charge on any atom is 0.338 e. The highest BCUT2D eigenvalue weighted by Crippen LogP contribution is 2.28. The van der Waals surface area contributed by atoms with Crippen molar-refractivity contribution in [2.45, 2.75) is 58.0 Å². The summed E-state index contributed by atoms with van der Waals surface area (Å²) in [5.74, 6) is -1.20. The van der Waals surface area contributed by atoms with Gasteiger partial charge in [0, 0.05) is 18.3 Å². The van der Waals surface area contributed by atoms with Gasteiger partial charge in [0.1, 0.15) is 5.60 Å². The van der Waals surface area contributed by atoms with Gasteiger partial charge in [0.2, 0.25) is 0 Å². The number of anilines is 1. The lowest BCUT2D eigenvalue weighted by atomic mass is 10.0. The Hall–Kier alpha value is -2.56. The van der Waals surface area contributed by atoms with Crippen LogP contribution < -0.4 is 4.90 Å². The van der Waals surface area contributed by atoms with E-state index in [0.29, 0.717) is 11.5 Å². The van der Waals surface area contributed by atoms with Crippen LogP contribution in [0.1, 0.15) is 34.6 Å². The minimum absolute atomic E-state index is 0.176. The second-order valence-electron chi connectivity index (χ2n) is 8.56. The molecule has 1 N–H and O–H groups in total. The van der Waals surface area contributed by atoms with Gasteiger partial charge in [0.15, 0.2) is 23.2 Å². The van der Waals surface area contributed by atoms with Gasteiger partial charge >= 0.3 is 5.97 Å². The van der Waals surface area contributed by atoms with Gasteiger partial charge in [-0.2, -0.15) is 5.10 Å². The molecule has 0 aromatic carbocycles. The van der Waals surface area contributed by atoms with Crippen molar-refractivity contribution in [1.29, 1.82) is 0 Å². The number of aromatic nitrogens is 4. The summed E-state index contributed by atoms with van der Waals surface area (Å²) in [5.41, 5.74) is -1.09. The Bertz CT molecular complexity index is 955. The average Bonchev–Trinajstić information content (AvgIpc) is 3.11. The number of aliphatic hydroxyl groups is 1. The summed E-state index contributed by atoms with van der Waals surface area (Å²) in [7, 11) is 0. The predicted molar refractivity (Wildman–Crippen MR) is 107 cm³/mol. The quantitative estimate of drug-likeness (QED) is 0.715. The molecule has 11 heteroatoms. The largest absolute Gasteiger partial charge is 0.458 e. The van der Waals surface area contributed by atoms with E-state index in [1.807, 2.05) is 0 Å². The highest BCUT2D eigenvalue weighted by Gasteiger charge is 2.47. The van der Waals surface area contributed by atoms with Crippen molar-refractivity contribution in [1.82, 2.24) is 20.0 Å². The summed E-state index contributed by atoms with van der Waals surface area (Å²) in [4.78, 5) is 26.7. The molecule has 1 fully saturated rings. The van der Waals surface area contributed by atoms with Crippen molar-refractivity contribution in [3.63, 3.8) is 0 Å². The Kier molecular flexibility index (Phi) is 5.85. The summed E-state index contributed by atoms with van der Waals surface area (Å²) in [6, 6.07) is 3.20. The molecular formula is C19H24ClN5O5. The van der Waals surface area contributed by atoms with Gasteiger partial charge in [0.05, 0.1) is 24.0 Å². The monoisotopic (exact) mass is 437 g/mol. The molecule has 0 spiro atoms. The minimum Gasteiger partial charge on any atom is -0.458 e. The van der Waals surface area contributed by atoms with Gasteiger partial charge in [-0.05, 0) is 34.6 Å². The second kappa shape index (κ2) is 7.93. The number of nitrogens with zero attached hydrogens (tertiary/aromatic N) is 5. The summed E-state index contributed by atoms with van der Waals surface area (Å²) in [6.07, 6.45) is -0.0876. The first-order valence-electron chi connectivity index (χ1n) is 9.31. The Morgan fingerprint density at radius 2 is 2.13 bits per heavy atom. The minimum atomic E-state index is -1.77. The molecule has 0 bridgehead atoms. The van der Waals surface area contributed by atoms with Crippen molar-refractivity contribution in [3.8, 4) is 5.69 Å². The van der Waals surface area contributed by atoms with Gasteiger partial charge < -0.3 is 14.6 Å². The van der Waals surface area contributed by atoms with Crippen LogP contribution in [0, 0.1) is 0 Å². The number of hydrogen-bond donors (Lipinski definition) is 1. The number of carbonyl (C=O) groups excluding carboxylic acids is 2. The molecule has 3 rings (SSSR count). The Morgan fingerprint density at radius 3 is 2.77 bits per heavy atom. The lowest BCUT2D eigenvalue weighted by molar-refractivity contribution is -0.188. The normalized spacial score (nSPS) is 20.2. The van der Waals surface area contributed by atoms with Crippen molar-refractivity contribution in [2.24, 2.45) is 0 Å². The van der Waals surface area contributed by atoms with Crippen LogP contribution in [0.5, 0.6) is 0 Å². The van der Waals surface area contributed by atoms with E-state index in [1.54, 1.807) is 52.9 Å². The van der Waals surface area contributed by atoms with Crippen LogP contribution in [0.15, 0.2) is 24.5 Å². The smallest absolute Gasteiger partial charge is 0.338 e. The lowest BCUT2D eigenvalue weighted by Crippen LogP contribution is -2.61. The fourth-order valence-electron chi connectivity index (χ4n) is 2.98. The number of ether oxygens (including phenoxy) is 2. The zero-order valence-electron chi connectivity index (χ0n) is 17.4. The van der Waals surface area contributed by atoms with Crippen LogP contribution in [0.4, 0.5) is 5.82 Å². The molecule has 0 aliphatic carbocycles. The van der Waals surface area contributed by atoms with Crippen molar-refractivity contribution in [3.05, 3.63) is 29.7 Å². The fourth-order valence-corrected chi connectivity index (χ4v) is 3.14. The van der Waals surface area contributed by atoms with Crippen LogP contribution in [0.2, 0.25) is 5.15 Å². The summed E-state index contributed by atoms with van der Waals surface area (Å²) in [6.45, 7) is 8.70. The number of aliphatic hydroxyl groups excluding tert-OH is 1. The number of hydrogen-bond acceptors (Lipinski definition) is 8. The molecule has 162 valence electrons. The molecule has 0 saturated carbocycles. The molecule has 0 radical (unpaired) electrons. The van der Waals surface area contributed by atoms with Crippen LogP contribution in [-0.4, -0.2) is 66.9 Å². The van der Waals surface area contributed by atoms with Gasteiger partial charge in [-0.15, -0.1) is 10.2 Å². The molecule has 2 aromatic heterocycles. The lowest BCUT2D eigenvalue weighted by Gasteiger charge is -2.42. The summed E-state index contributed by atoms with van der Waals surface area (Å²) < 4.78 is 12.4. The number of morpholine rings is 1. The molecular weight excluding hydrogens is 414 g/mol. The summed E-state index contributed by atoms with van der Waals surface area (Å²) >= 11 is 5.87. The topological polar surface area (TPSA) is 120 Å². The molecule has 1 aliphatic rings. The predicted octanol–water partition coefficient (Wildman–Crippen LogP) is 1.53. The zero-order valence-corrected chi connectivity index (χ0v) is 18.1. The maximum absolute atomic E-state index is 13.1. The van der Waals surface area contributed by atoms with E-state index in [-0.39, 0.29) is 11.7 Å². The molecule has 2 atom stereocenters. The van der Waals surface area contributed by atoms with E-state index in [1.165, 1.54) is 15.8 Å². The molecule has 2 unspecified atom stereocenters. The first kappa shape index (κ1) is 22.1. The Labute approximate surface area is 178 Å². The molecule has 1 aliphatic heterocycles. The Balaban J connectivity index is 1.87. The zero-order chi connectivity index (χ0) is 22.3. The molecule has 30 heavy (non-hydrogen) atoms. The first-order valence-corrected chi connectivity index (χ1v) is 9.68. The first-order chi connectivity index (χ1) is 13.9. The van der Waals surface area contributed by atoms with Crippen molar-refractivity contribution >= 4 is 29.3 Å². The van der Waals surface area contributed by atoms with Gasteiger partial charge in [-0.3, -0.25) is 9.69 Å². The molecule has 2 aromatic rings. The van der Waals surface area contributed by atoms with Gasteiger partial charge in [-0.25, -0.2) is 9.48 Å². The van der Waals surface area contributed by atoms with Crippen LogP contribution in [-0.2, 0) is 19.1 Å². The van der Waals surface area contributed by atoms with E-state index in [9.17, 15) is 14.7 Å². The van der Waals surface area contributed by atoms with Gasteiger partial charge in [0.25, 0.3) is 5.91 Å². The number of carbonyl (C=O) groups is 2. The van der Waals surface area contributed by atoms with E-state index in [4.69, 9.17) is 21.1 Å². The van der Waals surface area contributed by atoms with E-state index >= 15 is 0 Å². The van der Waals surface area contributed by atoms with Crippen molar-refractivity contribution < 1.29 is 24.2 Å². The summed E-state index contributed by atoms with van der Waals surface area (Å²) in [5, 5.41) is 22.6. The second-order valence-corrected chi connectivity index (χ2v) is 8.94.